The van der Waals surface area contributed by atoms with Gasteiger partial charge in [0.25, 0.3) is 0 Å². The van der Waals surface area contributed by atoms with Crippen LogP contribution in [0.15, 0.2) is 6.07 Å². The predicted molar refractivity (Wildman–Crippen MR) is 72.3 cm³/mol. The second-order valence-electron chi connectivity index (χ2n) is 3.75. The minimum absolute atomic E-state index is 0.188. The highest BCUT2D eigenvalue weighted by Gasteiger charge is 2.17. The minimum atomic E-state index is 0.188. The van der Waals surface area contributed by atoms with Crippen LogP contribution in [0.2, 0.25) is 0 Å². The van der Waals surface area contributed by atoms with Crippen molar-refractivity contribution >= 4 is 23.1 Å². The number of thiophene rings is 1. The number of thioether (sulfide) groups is 1. The SMILES string of the molecule is CC#CCC(NN)c1cc2c(s1)CCSC2. The molecule has 3 N–H and O–H groups in total. The van der Waals surface area contributed by atoms with Crippen molar-refractivity contribution in [2.24, 2.45) is 5.84 Å². The van der Waals surface area contributed by atoms with Crippen LogP contribution in [-0.4, -0.2) is 5.75 Å². The molecule has 1 aliphatic rings. The van der Waals surface area contributed by atoms with E-state index in [1.807, 2.05) is 30.0 Å². The summed E-state index contributed by atoms with van der Waals surface area (Å²) in [7, 11) is 0. The van der Waals surface area contributed by atoms with E-state index in [0.717, 1.165) is 12.2 Å². The molecule has 0 radical (unpaired) electrons. The molecule has 0 fully saturated rings. The van der Waals surface area contributed by atoms with Crippen molar-refractivity contribution in [1.29, 1.82) is 0 Å². The molecule has 0 bridgehead atoms. The zero-order chi connectivity index (χ0) is 11.4. The summed E-state index contributed by atoms with van der Waals surface area (Å²) >= 11 is 3.91. The van der Waals surface area contributed by atoms with Crippen LogP contribution in [0.1, 0.15) is 34.7 Å². The zero-order valence-corrected chi connectivity index (χ0v) is 11.0. The molecule has 0 spiro atoms. The van der Waals surface area contributed by atoms with Gasteiger partial charge in [-0.1, -0.05) is 0 Å². The minimum Gasteiger partial charge on any atom is -0.271 e. The van der Waals surface area contributed by atoms with Gasteiger partial charge < -0.3 is 0 Å². The van der Waals surface area contributed by atoms with Crippen molar-refractivity contribution in [2.75, 3.05) is 5.75 Å². The summed E-state index contributed by atoms with van der Waals surface area (Å²) in [5.74, 6) is 14.0. The Bertz CT molecular complexity index is 391. The number of rotatable bonds is 3. The van der Waals surface area contributed by atoms with Crippen LogP contribution in [0.25, 0.3) is 0 Å². The van der Waals surface area contributed by atoms with E-state index in [1.165, 1.54) is 22.6 Å². The molecular formula is C12H16N2S2. The molecule has 0 saturated heterocycles. The molecule has 0 aliphatic carbocycles. The van der Waals surface area contributed by atoms with Crippen LogP contribution in [0.5, 0.6) is 0 Å². The molecule has 1 unspecified atom stereocenters. The molecule has 2 rings (SSSR count). The molecular weight excluding hydrogens is 236 g/mol. The summed E-state index contributed by atoms with van der Waals surface area (Å²) < 4.78 is 0. The van der Waals surface area contributed by atoms with Gasteiger partial charge in [0.15, 0.2) is 0 Å². The van der Waals surface area contributed by atoms with Gasteiger partial charge in [-0.2, -0.15) is 11.8 Å². The van der Waals surface area contributed by atoms with E-state index in [4.69, 9.17) is 5.84 Å². The van der Waals surface area contributed by atoms with E-state index in [1.54, 1.807) is 4.88 Å². The van der Waals surface area contributed by atoms with Crippen molar-refractivity contribution in [3.05, 3.63) is 21.4 Å². The van der Waals surface area contributed by atoms with Crippen molar-refractivity contribution in [3.63, 3.8) is 0 Å². The zero-order valence-electron chi connectivity index (χ0n) is 9.38. The van der Waals surface area contributed by atoms with Crippen LogP contribution in [0.4, 0.5) is 0 Å². The Balaban J connectivity index is 2.17. The van der Waals surface area contributed by atoms with Crippen molar-refractivity contribution in [3.8, 4) is 11.8 Å². The fourth-order valence-electron chi connectivity index (χ4n) is 1.79. The average molecular weight is 252 g/mol. The van der Waals surface area contributed by atoms with Gasteiger partial charge in [-0.25, -0.2) is 0 Å². The van der Waals surface area contributed by atoms with E-state index in [9.17, 15) is 0 Å². The standard InChI is InChI=1S/C12H16N2S2/c1-2-3-4-10(14-13)12-7-9-8-15-6-5-11(9)16-12/h7,10,14H,4-6,8,13H2,1H3. The van der Waals surface area contributed by atoms with Crippen LogP contribution in [0.3, 0.4) is 0 Å². The molecule has 16 heavy (non-hydrogen) atoms. The lowest BCUT2D eigenvalue weighted by Gasteiger charge is -2.09. The van der Waals surface area contributed by atoms with E-state index >= 15 is 0 Å². The smallest absolute Gasteiger partial charge is 0.0662 e. The van der Waals surface area contributed by atoms with Crippen molar-refractivity contribution in [1.82, 2.24) is 5.43 Å². The van der Waals surface area contributed by atoms with E-state index in [-0.39, 0.29) is 6.04 Å². The summed E-state index contributed by atoms with van der Waals surface area (Å²) in [6.07, 6.45) is 2.00. The molecule has 2 heterocycles. The molecule has 0 amide bonds. The highest BCUT2D eigenvalue weighted by molar-refractivity contribution is 7.98. The van der Waals surface area contributed by atoms with Crippen LogP contribution in [-0.2, 0) is 12.2 Å². The van der Waals surface area contributed by atoms with E-state index < -0.39 is 0 Å². The highest BCUT2D eigenvalue weighted by atomic mass is 32.2. The fraction of sp³-hybridized carbons (Fsp3) is 0.500. The fourth-order valence-corrected chi connectivity index (χ4v) is 4.22. The van der Waals surface area contributed by atoms with Crippen LogP contribution >= 0.6 is 23.1 Å². The molecule has 2 nitrogen and oxygen atoms in total. The van der Waals surface area contributed by atoms with Crippen LogP contribution < -0.4 is 11.3 Å². The van der Waals surface area contributed by atoms with Gasteiger partial charge in [0.2, 0.25) is 0 Å². The normalized spacial score (nSPS) is 16.1. The van der Waals surface area contributed by atoms with Gasteiger partial charge in [-0.3, -0.25) is 11.3 Å². The maximum Gasteiger partial charge on any atom is 0.0662 e. The molecule has 1 aromatic heterocycles. The summed E-state index contributed by atoms with van der Waals surface area (Å²) in [5, 5.41) is 0. The Morgan fingerprint density at radius 2 is 2.50 bits per heavy atom. The number of nitrogens with two attached hydrogens (primary N) is 1. The molecule has 1 atom stereocenters. The third-order valence-electron chi connectivity index (χ3n) is 2.67. The maximum absolute atomic E-state index is 5.59. The Hall–Kier alpha value is -0.470. The number of hydrazine groups is 1. The lowest BCUT2D eigenvalue weighted by molar-refractivity contribution is 0.577. The summed E-state index contributed by atoms with van der Waals surface area (Å²) in [6, 6.07) is 2.49. The first-order chi connectivity index (χ1) is 7.85. The van der Waals surface area contributed by atoms with Gasteiger partial charge in [-0.15, -0.1) is 23.2 Å². The first-order valence-electron chi connectivity index (χ1n) is 5.40. The Labute approximate surface area is 105 Å². The number of fused-ring (bicyclic) bond motifs is 1. The number of hydrogen-bond acceptors (Lipinski definition) is 4. The summed E-state index contributed by atoms with van der Waals surface area (Å²) in [6.45, 7) is 1.86. The quantitative estimate of drug-likeness (QED) is 0.493. The first-order valence-corrected chi connectivity index (χ1v) is 7.37. The number of aryl methyl sites for hydroxylation is 1. The molecule has 0 aromatic carbocycles. The predicted octanol–water partition coefficient (Wildman–Crippen LogP) is 2.46. The summed E-state index contributed by atoms with van der Waals surface area (Å²) in [5.41, 5.74) is 4.36. The van der Waals surface area contributed by atoms with Crippen molar-refractivity contribution in [2.45, 2.75) is 31.6 Å². The van der Waals surface area contributed by atoms with Gasteiger partial charge >= 0.3 is 0 Å². The largest absolute Gasteiger partial charge is 0.271 e. The molecule has 1 aromatic rings. The maximum atomic E-state index is 5.59. The van der Waals surface area contributed by atoms with Gasteiger partial charge in [-0.05, 0) is 30.7 Å². The molecule has 86 valence electrons. The lowest BCUT2D eigenvalue weighted by atomic mass is 10.1. The number of nitrogens with one attached hydrogen (secondary N) is 1. The lowest BCUT2D eigenvalue weighted by Crippen LogP contribution is -2.27. The summed E-state index contributed by atoms with van der Waals surface area (Å²) in [4.78, 5) is 2.87. The van der Waals surface area contributed by atoms with Crippen molar-refractivity contribution < 1.29 is 0 Å². The van der Waals surface area contributed by atoms with Gasteiger partial charge in [0.1, 0.15) is 0 Å². The topological polar surface area (TPSA) is 38.0 Å². The second kappa shape index (κ2) is 5.74. The van der Waals surface area contributed by atoms with E-state index in [2.05, 4.69) is 23.3 Å². The van der Waals surface area contributed by atoms with Gasteiger partial charge in [0, 0.05) is 21.9 Å². The Morgan fingerprint density at radius 1 is 1.62 bits per heavy atom. The first kappa shape index (κ1) is 12.0. The monoisotopic (exact) mass is 252 g/mol. The molecule has 4 heteroatoms. The Morgan fingerprint density at radius 3 is 3.19 bits per heavy atom. The van der Waals surface area contributed by atoms with Crippen LogP contribution in [0, 0.1) is 11.8 Å². The second-order valence-corrected chi connectivity index (χ2v) is 6.02. The molecule has 1 aliphatic heterocycles. The van der Waals surface area contributed by atoms with Gasteiger partial charge in [0.05, 0.1) is 6.04 Å². The third kappa shape index (κ3) is 2.61. The van der Waals surface area contributed by atoms with E-state index in [0.29, 0.717) is 0 Å². The third-order valence-corrected chi connectivity index (χ3v) is 5.03. The molecule has 0 saturated carbocycles. The number of hydrogen-bond donors (Lipinski definition) is 2. The average Bonchev–Trinajstić information content (AvgIpc) is 2.73. The Kier molecular flexibility index (Phi) is 4.30. The highest BCUT2D eigenvalue weighted by Crippen LogP contribution is 2.34.